The van der Waals surface area contributed by atoms with Crippen molar-refractivity contribution in [1.29, 1.82) is 0 Å². The van der Waals surface area contributed by atoms with Gasteiger partial charge in [-0.1, -0.05) is 36.4 Å². The highest BCUT2D eigenvalue weighted by molar-refractivity contribution is 5.89. The van der Waals surface area contributed by atoms with Crippen LogP contribution in [0.3, 0.4) is 0 Å². The Bertz CT molecular complexity index is 684. The van der Waals surface area contributed by atoms with Crippen LogP contribution in [-0.4, -0.2) is 37.7 Å². The monoisotopic (exact) mass is 339 g/mol. The van der Waals surface area contributed by atoms with Crippen molar-refractivity contribution >= 4 is 11.7 Å². The van der Waals surface area contributed by atoms with Crippen LogP contribution in [-0.2, 0) is 0 Å². The Morgan fingerprint density at radius 2 is 1.88 bits per heavy atom. The summed E-state index contributed by atoms with van der Waals surface area (Å²) in [5.74, 6) is 0.719. The summed E-state index contributed by atoms with van der Waals surface area (Å²) in [4.78, 5) is 14.7. The Morgan fingerprint density at radius 1 is 1.12 bits per heavy atom. The second kappa shape index (κ2) is 8.53. The summed E-state index contributed by atoms with van der Waals surface area (Å²) < 4.78 is 5.18. The van der Waals surface area contributed by atoms with E-state index in [0.717, 1.165) is 18.8 Å². The number of methoxy groups -OCH3 is 1. The molecule has 25 heavy (non-hydrogen) atoms. The molecule has 1 saturated heterocycles. The Labute approximate surface area is 149 Å². The number of hydrogen-bond donors (Lipinski definition) is 2. The number of carbonyl (C=O) groups excluding carboxylic acids is 1. The van der Waals surface area contributed by atoms with Crippen molar-refractivity contribution in [3.8, 4) is 5.75 Å². The Hall–Kier alpha value is -2.53. The molecule has 5 heteroatoms. The van der Waals surface area contributed by atoms with Crippen molar-refractivity contribution in [3.63, 3.8) is 0 Å². The number of benzene rings is 2. The van der Waals surface area contributed by atoms with Crippen LogP contribution in [0.1, 0.15) is 24.4 Å². The Kier molecular flexibility index (Phi) is 5.90. The molecule has 1 heterocycles. The topological polar surface area (TPSA) is 53.6 Å². The van der Waals surface area contributed by atoms with E-state index in [9.17, 15) is 4.79 Å². The fourth-order valence-corrected chi connectivity index (χ4v) is 3.25. The summed E-state index contributed by atoms with van der Waals surface area (Å²) in [6.45, 7) is 2.75. The van der Waals surface area contributed by atoms with Crippen molar-refractivity contribution in [2.45, 2.75) is 18.9 Å². The number of anilines is 1. The predicted molar refractivity (Wildman–Crippen MR) is 100 cm³/mol. The predicted octanol–water partition coefficient (Wildman–Crippen LogP) is 3.65. The fourth-order valence-electron chi connectivity index (χ4n) is 3.25. The molecular formula is C20H25N3O2. The van der Waals surface area contributed by atoms with Crippen LogP contribution in [0.25, 0.3) is 0 Å². The van der Waals surface area contributed by atoms with Gasteiger partial charge < -0.3 is 15.4 Å². The number of carbonyl (C=O) groups is 1. The second-order valence-corrected chi connectivity index (χ2v) is 6.24. The van der Waals surface area contributed by atoms with Gasteiger partial charge >= 0.3 is 6.03 Å². The first-order chi connectivity index (χ1) is 12.3. The first-order valence-corrected chi connectivity index (χ1v) is 8.74. The van der Waals surface area contributed by atoms with Crippen LogP contribution < -0.4 is 15.4 Å². The highest BCUT2D eigenvalue weighted by atomic mass is 16.5. The van der Waals surface area contributed by atoms with E-state index in [4.69, 9.17) is 4.74 Å². The highest BCUT2D eigenvalue weighted by Crippen LogP contribution is 2.24. The molecule has 2 aromatic carbocycles. The summed E-state index contributed by atoms with van der Waals surface area (Å²) >= 11 is 0. The number of likely N-dealkylation sites (tertiary alicyclic amines) is 1. The lowest BCUT2D eigenvalue weighted by Gasteiger charge is -2.28. The number of rotatable bonds is 6. The minimum Gasteiger partial charge on any atom is -0.497 e. The number of nitrogens with zero attached hydrogens (tertiary/aromatic N) is 1. The van der Waals surface area contributed by atoms with E-state index in [1.807, 2.05) is 24.3 Å². The molecule has 0 spiro atoms. The SMILES string of the molecule is COc1cccc(NC(=O)NCC(c2ccccc2)N2CCCC2)c1. The molecule has 3 rings (SSSR count). The van der Waals surface area contributed by atoms with Crippen LogP contribution in [0.2, 0.25) is 0 Å². The molecule has 132 valence electrons. The first-order valence-electron chi connectivity index (χ1n) is 8.74. The third kappa shape index (κ3) is 4.73. The molecule has 0 bridgehead atoms. The van der Waals surface area contributed by atoms with E-state index in [2.05, 4.69) is 39.8 Å². The zero-order valence-electron chi connectivity index (χ0n) is 14.6. The van der Waals surface area contributed by atoms with Crippen molar-refractivity contribution in [3.05, 3.63) is 60.2 Å². The van der Waals surface area contributed by atoms with E-state index >= 15 is 0 Å². The number of urea groups is 1. The molecular weight excluding hydrogens is 314 g/mol. The van der Waals surface area contributed by atoms with Gasteiger partial charge in [-0.15, -0.1) is 0 Å². The molecule has 2 aromatic rings. The molecule has 5 nitrogen and oxygen atoms in total. The van der Waals surface area contributed by atoms with Crippen molar-refractivity contribution in [1.82, 2.24) is 10.2 Å². The first kappa shape index (κ1) is 17.3. The molecule has 0 aliphatic carbocycles. The molecule has 1 atom stereocenters. The standard InChI is InChI=1S/C20H25N3O2/c1-25-18-11-7-10-17(14-18)22-20(24)21-15-19(23-12-5-6-13-23)16-8-3-2-4-9-16/h2-4,7-11,14,19H,5-6,12-13,15H2,1H3,(H2,21,22,24). The van der Waals surface area contributed by atoms with Gasteiger partial charge in [0.2, 0.25) is 0 Å². The average Bonchev–Trinajstić information content (AvgIpc) is 3.17. The van der Waals surface area contributed by atoms with Crippen LogP contribution in [0.4, 0.5) is 10.5 Å². The maximum atomic E-state index is 12.3. The molecule has 1 unspecified atom stereocenters. The highest BCUT2D eigenvalue weighted by Gasteiger charge is 2.23. The molecule has 1 aliphatic rings. The molecule has 0 aromatic heterocycles. The normalized spacial score (nSPS) is 15.6. The van der Waals surface area contributed by atoms with Gasteiger partial charge in [0.15, 0.2) is 0 Å². The van der Waals surface area contributed by atoms with Gasteiger partial charge in [-0.25, -0.2) is 4.79 Å². The van der Waals surface area contributed by atoms with Gasteiger partial charge in [0, 0.05) is 18.3 Å². The van der Waals surface area contributed by atoms with E-state index < -0.39 is 0 Å². The van der Waals surface area contributed by atoms with Crippen molar-refractivity contribution < 1.29 is 9.53 Å². The van der Waals surface area contributed by atoms with Gasteiger partial charge in [-0.3, -0.25) is 4.90 Å². The molecule has 1 fully saturated rings. The number of nitrogens with one attached hydrogen (secondary N) is 2. The third-order valence-electron chi connectivity index (χ3n) is 4.55. The largest absolute Gasteiger partial charge is 0.497 e. The van der Waals surface area contributed by atoms with Gasteiger partial charge in [0.25, 0.3) is 0 Å². The van der Waals surface area contributed by atoms with Crippen LogP contribution in [0.5, 0.6) is 5.75 Å². The van der Waals surface area contributed by atoms with Gasteiger partial charge in [0.05, 0.1) is 13.2 Å². The summed E-state index contributed by atoms with van der Waals surface area (Å²) in [5, 5.41) is 5.88. The quantitative estimate of drug-likeness (QED) is 0.844. The molecule has 0 saturated carbocycles. The summed E-state index contributed by atoms with van der Waals surface area (Å²) in [5.41, 5.74) is 1.96. The zero-order valence-corrected chi connectivity index (χ0v) is 14.6. The van der Waals surface area contributed by atoms with Crippen LogP contribution in [0.15, 0.2) is 54.6 Å². The number of hydrogen-bond acceptors (Lipinski definition) is 3. The smallest absolute Gasteiger partial charge is 0.319 e. The molecule has 0 radical (unpaired) electrons. The third-order valence-corrected chi connectivity index (χ3v) is 4.55. The number of amides is 2. The maximum Gasteiger partial charge on any atom is 0.319 e. The van der Waals surface area contributed by atoms with Crippen molar-refractivity contribution in [2.75, 3.05) is 32.1 Å². The Morgan fingerprint density at radius 3 is 2.60 bits per heavy atom. The van der Waals surface area contributed by atoms with Gasteiger partial charge in [-0.2, -0.15) is 0 Å². The van der Waals surface area contributed by atoms with E-state index in [1.54, 1.807) is 13.2 Å². The van der Waals surface area contributed by atoms with E-state index in [0.29, 0.717) is 12.2 Å². The summed E-state index contributed by atoms with van der Waals surface area (Å²) in [6.07, 6.45) is 2.44. The lowest BCUT2D eigenvalue weighted by atomic mass is 10.1. The van der Waals surface area contributed by atoms with Gasteiger partial charge in [0.1, 0.15) is 5.75 Å². The second-order valence-electron chi connectivity index (χ2n) is 6.24. The fraction of sp³-hybridized carbons (Fsp3) is 0.350. The Balaban J connectivity index is 1.61. The summed E-state index contributed by atoms with van der Waals surface area (Å²) in [7, 11) is 1.61. The van der Waals surface area contributed by atoms with Crippen molar-refractivity contribution in [2.24, 2.45) is 0 Å². The maximum absolute atomic E-state index is 12.3. The lowest BCUT2D eigenvalue weighted by molar-refractivity contribution is 0.227. The summed E-state index contributed by atoms with van der Waals surface area (Å²) in [6, 6.07) is 17.7. The minimum atomic E-state index is -0.201. The molecule has 1 aliphatic heterocycles. The average molecular weight is 339 g/mol. The molecule has 2 amide bonds. The minimum absolute atomic E-state index is 0.201. The van der Waals surface area contributed by atoms with Crippen LogP contribution >= 0.6 is 0 Å². The van der Waals surface area contributed by atoms with Crippen LogP contribution in [0, 0.1) is 0 Å². The lowest BCUT2D eigenvalue weighted by Crippen LogP contribution is -2.38. The number of ether oxygens (including phenoxy) is 1. The zero-order chi connectivity index (χ0) is 17.5. The van der Waals surface area contributed by atoms with Gasteiger partial charge in [-0.05, 0) is 43.6 Å². The van der Waals surface area contributed by atoms with E-state index in [-0.39, 0.29) is 12.1 Å². The molecule has 2 N–H and O–H groups in total. The van der Waals surface area contributed by atoms with E-state index in [1.165, 1.54) is 18.4 Å².